The molecule has 2 aromatic rings. The molecule has 0 atom stereocenters. The Hall–Kier alpha value is -3.13. The number of hydrogen-bond acceptors (Lipinski definition) is 7. The van der Waals surface area contributed by atoms with E-state index in [2.05, 4.69) is 9.89 Å². The van der Waals surface area contributed by atoms with Gasteiger partial charge in [-0.05, 0) is 35.9 Å². The maximum atomic E-state index is 13.0. The summed E-state index contributed by atoms with van der Waals surface area (Å²) >= 11 is 1.53. The van der Waals surface area contributed by atoms with E-state index in [4.69, 9.17) is 14.2 Å². The van der Waals surface area contributed by atoms with Crippen LogP contribution in [0.4, 0.5) is 5.69 Å². The molecule has 0 spiro atoms. The van der Waals surface area contributed by atoms with E-state index in [0.29, 0.717) is 34.9 Å². The fourth-order valence-corrected chi connectivity index (χ4v) is 4.20. The number of thioether (sulfide) groups is 1. The fourth-order valence-electron chi connectivity index (χ4n) is 3.25. The second-order valence-corrected chi connectivity index (χ2v) is 7.31. The van der Waals surface area contributed by atoms with Crippen LogP contribution in [-0.2, 0) is 4.79 Å². The maximum absolute atomic E-state index is 13.0. The van der Waals surface area contributed by atoms with Gasteiger partial charge in [-0.2, -0.15) is 0 Å². The van der Waals surface area contributed by atoms with E-state index in [1.54, 1.807) is 32.3 Å². The summed E-state index contributed by atoms with van der Waals surface area (Å²) in [4.78, 5) is 21.3. The zero-order valence-corrected chi connectivity index (χ0v) is 17.2. The number of methoxy groups -OCH3 is 3. The molecule has 2 heterocycles. The van der Waals surface area contributed by atoms with Crippen molar-refractivity contribution in [2.45, 2.75) is 0 Å². The van der Waals surface area contributed by atoms with Gasteiger partial charge >= 0.3 is 0 Å². The average Bonchev–Trinajstić information content (AvgIpc) is 3.08. The average molecular weight is 411 g/mol. The minimum Gasteiger partial charge on any atom is -0.495 e. The highest BCUT2D eigenvalue weighted by molar-refractivity contribution is 8.14. The molecule has 0 radical (unpaired) electrons. The first-order valence-corrected chi connectivity index (χ1v) is 9.98. The Kier molecular flexibility index (Phi) is 5.35. The van der Waals surface area contributed by atoms with Crippen molar-refractivity contribution in [1.29, 1.82) is 0 Å². The van der Waals surface area contributed by atoms with E-state index in [1.807, 2.05) is 42.5 Å². The van der Waals surface area contributed by atoms with E-state index in [9.17, 15) is 4.79 Å². The largest absolute Gasteiger partial charge is 0.495 e. The van der Waals surface area contributed by atoms with E-state index in [0.717, 1.165) is 17.0 Å². The van der Waals surface area contributed by atoms with Crippen LogP contribution < -0.4 is 19.1 Å². The zero-order valence-electron chi connectivity index (χ0n) is 16.4. The maximum Gasteiger partial charge on any atom is 0.280 e. The van der Waals surface area contributed by atoms with Crippen LogP contribution in [0.5, 0.6) is 17.2 Å². The van der Waals surface area contributed by atoms with Crippen LogP contribution in [0.1, 0.15) is 5.56 Å². The van der Waals surface area contributed by atoms with E-state index < -0.39 is 0 Å². The van der Waals surface area contributed by atoms with Gasteiger partial charge in [0.15, 0.2) is 16.7 Å². The highest BCUT2D eigenvalue weighted by Crippen LogP contribution is 2.35. The molecule has 29 heavy (non-hydrogen) atoms. The summed E-state index contributed by atoms with van der Waals surface area (Å²) in [5, 5.41) is 0.716. The lowest BCUT2D eigenvalue weighted by molar-refractivity contribution is -0.122. The van der Waals surface area contributed by atoms with Crippen molar-refractivity contribution in [3.05, 3.63) is 53.7 Å². The Morgan fingerprint density at radius 2 is 1.76 bits per heavy atom. The summed E-state index contributed by atoms with van der Waals surface area (Å²) in [6, 6.07) is 13.3. The van der Waals surface area contributed by atoms with Gasteiger partial charge in [-0.1, -0.05) is 30.0 Å². The van der Waals surface area contributed by atoms with Gasteiger partial charge in [0.2, 0.25) is 0 Å². The van der Waals surface area contributed by atoms with Crippen LogP contribution in [0, 0.1) is 0 Å². The molecule has 150 valence electrons. The quantitative estimate of drug-likeness (QED) is 0.703. The molecule has 0 unspecified atom stereocenters. The van der Waals surface area contributed by atoms with Crippen LogP contribution >= 0.6 is 11.8 Å². The van der Waals surface area contributed by atoms with Gasteiger partial charge in [0.05, 0.1) is 32.9 Å². The summed E-state index contributed by atoms with van der Waals surface area (Å²) in [5.74, 6) is 2.59. The minimum atomic E-state index is -0.123. The number of rotatable bonds is 5. The van der Waals surface area contributed by atoms with Crippen molar-refractivity contribution < 1.29 is 19.0 Å². The molecule has 7 nitrogen and oxygen atoms in total. The number of ether oxygens (including phenoxy) is 3. The molecule has 2 aromatic carbocycles. The number of para-hydroxylation sites is 2. The monoisotopic (exact) mass is 411 g/mol. The zero-order chi connectivity index (χ0) is 20.4. The van der Waals surface area contributed by atoms with E-state index in [-0.39, 0.29) is 5.91 Å². The van der Waals surface area contributed by atoms with Crippen LogP contribution in [0.2, 0.25) is 0 Å². The highest BCUT2D eigenvalue weighted by Gasteiger charge is 2.36. The molecule has 8 heteroatoms. The van der Waals surface area contributed by atoms with Gasteiger partial charge in [-0.15, -0.1) is 0 Å². The smallest absolute Gasteiger partial charge is 0.280 e. The summed E-state index contributed by atoms with van der Waals surface area (Å²) in [6.45, 7) is 0.425. The molecule has 1 fully saturated rings. The molecular weight excluding hydrogens is 390 g/mol. The molecule has 2 aliphatic heterocycles. The molecule has 0 aromatic heterocycles. The Balaban J connectivity index is 1.57. The summed E-state index contributed by atoms with van der Waals surface area (Å²) < 4.78 is 16.1. The van der Waals surface area contributed by atoms with E-state index >= 15 is 0 Å². The lowest BCUT2D eigenvalue weighted by Gasteiger charge is -2.34. The number of benzene rings is 2. The van der Waals surface area contributed by atoms with Gasteiger partial charge in [0, 0.05) is 0 Å². The molecule has 0 bridgehead atoms. The summed E-state index contributed by atoms with van der Waals surface area (Å²) in [7, 11) is 4.82. The van der Waals surface area contributed by atoms with Gasteiger partial charge in [-0.25, -0.2) is 4.99 Å². The number of carbonyl (C=O) groups excluding carboxylic acids is 1. The van der Waals surface area contributed by atoms with Crippen molar-refractivity contribution in [2.24, 2.45) is 4.99 Å². The Labute approximate surface area is 173 Å². The normalized spacial score (nSPS) is 17.3. The Morgan fingerprint density at radius 3 is 2.52 bits per heavy atom. The molecule has 0 N–H and O–H groups in total. The van der Waals surface area contributed by atoms with Crippen molar-refractivity contribution >= 4 is 34.6 Å². The number of aliphatic imine (C=N–C) groups is 1. The molecule has 1 saturated heterocycles. The summed E-state index contributed by atoms with van der Waals surface area (Å²) in [5.41, 5.74) is 2.18. The summed E-state index contributed by atoms with van der Waals surface area (Å²) in [6.07, 6.45) is 1.77. The fraction of sp³-hybridized carbons (Fsp3) is 0.238. The molecule has 0 saturated carbocycles. The number of hydrogen-bond donors (Lipinski definition) is 0. The second-order valence-electron chi connectivity index (χ2n) is 6.40. The third-order valence-electron chi connectivity index (χ3n) is 4.71. The van der Waals surface area contributed by atoms with Gasteiger partial charge in [0.25, 0.3) is 5.91 Å². The predicted octanol–water partition coefficient (Wildman–Crippen LogP) is 3.42. The van der Waals surface area contributed by atoms with Gasteiger partial charge in [0.1, 0.15) is 18.1 Å². The van der Waals surface area contributed by atoms with Crippen molar-refractivity contribution in [2.75, 3.05) is 38.8 Å². The SMILES string of the molecule is COc1ccc(/C=C2\N=C3SCN(c4ccccc4OC)CN3C2=O)cc1OC. The van der Waals surface area contributed by atoms with Crippen molar-refractivity contribution in [3.8, 4) is 17.2 Å². The topological polar surface area (TPSA) is 63.6 Å². The molecule has 1 amide bonds. The number of carbonyl (C=O) groups is 1. The molecule has 2 aliphatic rings. The third kappa shape index (κ3) is 3.63. The third-order valence-corrected chi connectivity index (χ3v) is 5.72. The van der Waals surface area contributed by atoms with Crippen LogP contribution in [0.25, 0.3) is 6.08 Å². The van der Waals surface area contributed by atoms with Crippen molar-refractivity contribution in [1.82, 2.24) is 4.90 Å². The first-order chi connectivity index (χ1) is 14.1. The Bertz CT molecular complexity index is 1010. The highest BCUT2D eigenvalue weighted by atomic mass is 32.2. The number of anilines is 1. The number of nitrogens with zero attached hydrogens (tertiary/aromatic N) is 3. The molecular formula is C21H21N3O4S. The van der Waals surface area contributed by atoms with Crippen LogP contribution in [-0.4, -0.2) is 49.8 Å². The first kappa shape index (κ1) is 19.2. The molecule has 0 aliphatic carbocycles. The van der Waals surface area contributed by atoms with Crippen LogP contribution in [0.15, 0.2) is 53.2 Å². The predicted molar refractivity (Wildman–Crippen MR) is 115 cm³/mol. The number of fused-ring (bicyclic) bond motifs is 1. The number of amidine groups is 1. The van der Waals surface area contributed by atoms with E-state index in [1.165, 1.54) is 11.8 Å². The van der Waals surface area contributed by atoms with Gasteiger partial charge < -0.3 is 19.1 Å². The molecule has 4 rings (SSSR count). The van der Waals surface area contributed by atoms with Crippen LogP contribution in [0.3, 0.4) is 0 Å². The minimum absolute atomic E-state index is 0.123. The number of amides is 1. The second kappa shape index (κ2) is 8.08. The Morgan fingerprint density at radius 1 is 1.00 bits per heavy atom. The lowest BCUT2D eigenvalue weighted by Crippen LogP contribution is -2.46. The van der Waals surface area contributed by atoms with Crippen molar-refractivity contribution in [3.63, 3.8) is 0 Å². The van der Waals surface area contributed by atoms with Gasteiger partial charge in [-0.3, -0.25) is 9.69 Å². The lowest BCUT2D eigenvalue weighted by atomic mass is 10.1. The standard InChI is InChI=1S/C21H21N3O4S/c1-26-17-7-5-4-6-16(17)23-12-24-20(25)15(22-21(24)29-13-23)10-14-8-9-18(27-2)19(11-14)28-3/h4-11H,12-13H2,1-3H3/b15-10-. The first-order valence-electron chi connectivity index (χ1n) is 8.99.